The van der Waals surface area contributed by atoms with E-state index >= 15 is 0 Å². The first-order valence-electron chi connectivity index (χ1n) is 7.34. The number of hydrogen-bond donors (Lipinski definition) is 0. The highest BCUT2D eigenvalue weighted by molar-refractivity contribution is 5.73. The molecule has 4 nitrogen and oxygen atoms in total. The molecule has 0 saturated carbocycles. The number of hydrogen-bond acceptors (Lipinski definition) is 2. The van der Waals surface area contributed by atoms with Gasteiger partial charge in [0.1, 0.15) is 0 Å². The molecule has 0 atom stereocenters. The smallest absolute Gasteiger partial charge is 0.404 e. The van der Waals surface area contributed by atoms with Crippen LogP contribution in [0.25, 0.3) is 0 Å². The molecule has 0 N–H and O–H groups in total. The number of quaternary nitrogens is 1. The maximum absolute atomic E-state index is 11.8. The third kappa shape index (κ3) is 4.21. The van der Waals surface area contributed by atoms with E-state index in [0.29, 0.717) is 10.2 Å². The lowest BCUT2D eigenvalue weighted by molar-refractivity contribution is 0.171. The summed E-state index contributed by atoms with van der Waals surface area (Å²) in [5.41, 5.74) is 2.37. The van der Waals surface area contributed by atoms with Crippen LogP contribution in [0.3, 0.4) is 0 Å². The van der Waals surface area contributed by atoms with Gasteiger partial charge in [-0.2, -0.15) is 0 Å². The van der Waals surface area contributed by atoms with E-state index in [2.05, 4.69) is 54.0 Å². The second kappa shape index (κ2) is 6.06. The summed E-state index contributed by atoms with van der Waals surface area (Å²) in [6, 6.07) is 6.12. The third-order valence-electron chi connectivity index (χ3n) is 3.91. The van der Waals surface area contributed by atoms with E-state index in [0.717, 1.165) is 12.1 Å². The maximum atomic E-state index is 11.8. The summed E-state index contributed by atoms with van der Waals surface area (Å²) in [4.78, 5) is 13.3. The van der Waals surface area contributed by atoms with Gasteiger partial charge in [0.2, 0.25) is 0 Å². The van der Waals surface area contributed by atoms with Crippen molar-refractivity contribution < 1.29 is 9.53 Å². The molecule has 0 unspecified atom stereocenters. The van der Waals surface area contributed by atoms with Crippen LogP contribution in [-0.2, 0) is 5.41 Å². The first kappa shape index (κ1) is 17.5. The molecule has 0 radical (unpaired) electrons. The van der Waals surface area contributed by atoms with Crippen LogP contribution >= 0.6 is 0 Å². The number of ether oxygens (including phenoxy) is 1. The van der Waals surface area contributed by atoms with Crippen molar-refractivity contribution in [3.63, 3.8) is 0 Å². The summed E-state index contributed by atoms with van der Waals surface area (Å²) >= 11 is 0. The van der Waals surface area contributed by atoms with Gasteiger partial charge >= 0.3 is 6.09 Å². The van der Waals surface area contributed by atoms with E-state index in [9.17, 15) is 4.79 Å². The fraction of sp³-hybridized carbons (Fsp3) is 0.588. The second-order valence-electron chi connectivity index (χ2n) is 7.19. The topological polar surface area (TPSA) is 29.5 Å². The van der Waals surface area contributed by atoms with Crippen LogP contribution in [0.4, 0.5) is 10.5 Å². The number of nitrogens with zero attached hydrogens (tertiary/aromatic N) is 2. The average Bonchev–Trinajstić information content (AvgIpc) is 2.37. The van der Waals surface area contributed by atoms with E-state index in [1.165, 1.54) is 10.5 Å². The van der Waals surface area contributed by atoms with Crippen LogP contribution in [0.1, 0.15) is 32.8 Å². The Kier molecular flexibility index (Phi) is 5.05. The van der Waals surface area contributed by atoms with Crippen molar-refractivity contribution in [1.29, 1.82) is 0 Å². The van der Waals surface area contributed by atoms with Gasteiger partial charge in [0.15, 0.2) is 11.4 Å². The van der Waals surface area contributed by atoms with Crippen molar-refractivity contribution in [2.24, 2.45) is 0 Å². The zero-order valence-electron chi connectivity index (χ0n) is 14.7. The Morgan fingerprint density at radius 3 is 2.24 bits per heavy atom. The molecular formula is C17H29N2O2+. The third-order valence-corrected chi connectivity index (χ3v) is 3.91. The molecule has 0 aliphatic heterocycles. The Hall–Kier alpha value is -1.55. The first-order valence-corrected chi connectivity index (χ1v) is 7.34. The van der Waals surface area contributed by atoms with Gasteiger partial charge in [0.05, 0.1) is 21.1 Å². The van der Waals surface area contributed by atoms with E-state index in [4.69, 9.17) is 4.74 Å². The van der Waals surface area contributed by atoms with Gasteiger partial charge in [0, 0.05) is 20.2 Å². The molecule has 1 aromatic carbocycles. The quantitative estimate of drug-likeness (QED) is 0.793. The minimum atomic E-state index is -0.354. The summed E-state index contributed by atoms with van der Waals surface area (Å²) in [7, 11) is 9.59. The van der Waals surface area contributed by atoms with Crippen LogP contribution in [0.5, 0.6) is 5.75 Å². The fourth-order valence-corrected chi connectivity index (χ4v) is 1.94. The predicted molar refractivity (Wildman–Crippen MR) is 89.0 cm³/mol. The zero-order valence-corrected chi connectivity index (χ0v) is 14.7. The molecule has 0 fully saturated rings. The van der Waals surface area contributed by atoms with Gasteiger partial charge in [-0.05, 0) is 23.5 Å². The first-order chi connectivity index (χ1) is 9.49. The van der Waals surface area contributed by atoms with E-state index in [-0.39, 0.29) is 11.5 Å². The molecule has 0 aliphatic carbocycles. The molecule has 0 aliphatic rings. The zero-order chi connectivity index (χ0) is 16.4. The Bertz CT molecular complexity index is 514. The van der Waals surface area contributed by atoms with Gasteiger partial charge in [0.25, 0.3) is 0 Å². The molecule has 0 bridgehead atoms. The van der Waals surface area contributed by atoms with Crippen molar-refractivity contribution in [1.82, 2.24) is 9.38 Å². The lowest BCUT2D eigenvalue weighted by atomic mass is 9.82. The second-order valence-corrected chi connectivity index (χ2v) is 7.19. The molecule has 21 heavy (non-hydrogen) atoms. The molecule has 0 aromatic heterocycles. The fourth-order valence-electron chi connectivity index (χ4n) is 1.94. The predicted octanol–water partition coefficient (Wildman–Crippen LogP) is 3.63. The van der Waals surface area contributed by atoms with Crippen molar-refractivity contribution in [3.8, 4) is 5.75 Å². The Morgan fingerprint density at radius 1 is 1.24 bits per heavy atom. The van der Waals surface area contributed by atoms with Crippen molar-refractivity contribution in [3.05, 3.63) is 23.8 Å². The normalized spacial score (nSPS) is 12.2. The van der Waals surface area contributed by atoms with Crippen molar-refractivity contribution >= 4 is 11.8 Å². The van der Waals surface area contributed by atoms with Gasteiger partial charge in [-0.15, -0.1) is 0 Å². The number of rotatable bonds is 4. The van der Waals surface area contributed by atoms with Gasteiger partial charge in [-0.1, -0.05) is 26.8 Å². The molecule has 0 heterocycles. The van der Waals surface area contributed by atoms with Gasteiger partial charge < -0.3 is 9.64 Å². The minimum Gasteiger partial charge on any atom is -0.404 e. The summed E-state index contributed by atoms with van der Waals surface area (Å²) in [6.07, 6.45) is 0.702. The lowest BCUT2D eigenvalue weighted by Crippen LogP contribution is -2.36. The Morgan fingerprint density at radius 2 is 1.81 bits per heavy atom. The van der Waals surface area contributed by atoms with Crippen LogP contribution in [0.15, 0.2) is 18.2 Å². The number of carbonyl (C=O) groups is 1. The summed E-state index contributed by atoms with van der Waals surface area (Å²) in [5, 5.41) is 0. The largest absolute Gasteiger partial charge is 0.414 e. The molecule has 0 saturated heterocycles. The maximum Gasteiger partial charge on any atom is 0.414 e. The van der Waals surface area contributed by atoms with Crippen LogP contribution in [-0.4, -0.2) is 46.2 Å². The monoisotopic (exact) mass is 293 g/mol. The summed E-state index contributed by atoms with van der Waals surface area (Å²) < 4.78 is 6.11. The number of amides is 1. The SMILES string of the molecule is CCC(C)(C)c1ccc(OC(=O)N(C)C)c([N+](C)(C)C)c1. The van der Waals surface area contributed by atoms with Crippen LogP contribution in [0.2, 0.25) is 0 Å². The molecule has 118 valence electrons. The van der Waals surface area contributed by atoms with E-state index in [1.54, 1.807) is 14.1 Å². The molecular weight excluding hydrogens is 264 g/mol. The van der Waals surface area contributed by atoms with Crippen molar-refractivity contribution in [2.45, 2.75) is 32.6 Å². The van der Waals surface area contributed by atoms with Gasteiger partial charge in [-0.25, -0.2) is 4.79 Å². The summed E-state index contributed by atoms with van der Waals surface area (Å²) in [6.45, 7) is 6.64. The Balaban J connectivity index is 3.31. The minimum absolute atomic E-state index is 0.105. The molecule has 1 amide bonds. The number of benzene rings is 1. The number of carbonyl (C=O) groups excluding carboxylic acids is 1. The van der Waals surface area contributed by atoms with E-state index in [1.807, 2.05) is 6.07 Å². The van der Waals surface area contributed by atoms with Crippen LogP contribution < -0.4 is 9.22 Å². The molecule has 4 heteroatoms. The average molecular weight is 293 g/mol. The molecule has 1 rings (SSSR count). The Labute approximate surface area is 128 Å². The molecule has 0 spiro atoms. The standard InChI is InChI=1S/C17H29N2O2/c1-9-17(2,3)13-10-11-15(21-16(20)18(4)5)14(12-13)19(6,7)8/h10-12H,9H2,1-8H3/q+1. The van der Waals surface area contributed by atoms with Crippen molar-refractivity contribution in [2.75, 3.05) is 35.2 Å². The summed E-state index contributed by atoms with van der Waals surface area (Å²) in [5.74, 6) is 0.622. The highest BCUT2D eigenvalue weighted by Crippen LogP contribution is 2.36. The van der Waals surface area contributed by atoms with Gasteiger partial charge in [-0.3, -0.25) is 4.48 Å². The lowest BCUT2D eigenvalue weighted by Gasteiger charge is -2.29. The highest BCUT2D eigenvalue weighted by Gasteiger charge is 2.26. The van der Waals surface area contributed by atoms with Crippen LogP contribution in [0, 0.1) is 0 Å². The molecule has 1 aromatic rings. The van der Waals surface area contributed by atoms with E-state index < -0.39 is 0 Å². The highest BCUT2D eigenvalue weighted by atomic mass is 16.6.